The van der Waals surface area contributed by atoms with Gasteiger partial charge in [-0.2, -0.15) is 10.5 Å². The molecular formula is C28H21N5O3S. The number of nitro benzene ring substituents is 1. The molecule has 0 unspecified atom stereocenters. The Kier molecular flexibility index (Phi) is 6.55. The molecule has 2 aromatic carbocycles. The maximum Gasteiger partial charge on any atom is 0.269 e. The van der Waals surface area contributed by atoms with Crippen molar-refractivity contribution in [1.82, 2.24) is 4.57 Å². The predicted octanol–water partition coefficient (Wildman–Crippen LogP) is 5.96. The number of amides is 1. The van der Waals surface area contributed by atoms with E-state index in [0.29, 0.717) is 22.7 Å². The number of fused-ring (bicyclic) bond motifs is 2. The quantitative estimate of drug-likeness (QED) is 0.149. The lowest BCUT2D eigenvalue weighted by atomic mass is 9.96. The summed E-state index contributed by atoms with van der Waals surface area (Å²) in [5.74, 6) is -0.551. The molecule has 9 heteroatoms. The van der Waals surface area contributed by atoms with Gasteiger partial charge in [0.2, 0.25) is 0 Å². The van der Waals surface area contributed by atoms with Crippen molar-refractivity contribution < 1.29 is 9.72 Å². The molecule has 0 saturated heterocycles. The topological polar surface area (TPSA) is 125 Å². The molecule has 4 aromatic rings. The van der Waals surface area contributed by atoms with Gasteiger partial charge >= 0.3 is 0 Å². The van der Waals surface area contributed by atoms with Crippen LogP contribution in [0.4, 0.5) is 10.7 Å². The number of carbonyl (C=O) groups excluding carboxylic acids is 1. The third-order valence-corrected chi connectivity index (χ3v) is 7.70. The molecule has 1 aliphatic rings. The summed E-state index contributed by atoms with van der Waals surface area (Å²) in [4.78, 5) is 24.7. The number of hydrogen-bond acceptors (Lipinski definition) is 6. The van der Waals surface area contributed by atoms with Gasteiger partial charge in [0.05, 0.1) is 10.5 Å². The Hall–Kier alpha value is -4.73. The molecule has 0 bridgehead atoms. The van der Waals surface area contributed by atoms with Crippen LogP contribution in [0.1, 0.15) is 40.0 Å². The van der Waals surface area contributed by atoms with Gasteiger partial charge in [-0.05, 0) is 49.0 Å². The fraction of sp³-hybridized carbons (Fsp3) is 0.179. The summed E-state index contributed by atoms with van der Waals surface area (Å²) in [5.41, 5.74) is 3.98. The summed E-state index contributed by atoms with van der Waals surface area (Å²) in [5, 5.41) is 34.6. The summed E-state index contributed by atoms with van der Waals surface area (Å²) in [6, 6.07) is 18.3. The molecule has 1 aliphatic carbocycles. The highest BCUT2D eigenvalue weighted by Gasteiger charge is 2.23. The second-order valence-electron chi connectivity index (χ2n) is 8.80. The van der Waals surface area contributed by atoms with Crippen LogP contribution in [0.3, 0.4) is 0 Å². The van der Waals surface area contributed by atoms with Crippen LogP contribution in [0.2, 0.25) is 0 Å². The van der Waals surface area contributed by atoms with Gasteiger partial charge in [0, 0.05) is 46.2 Å². The number of benzene rings is 2. The number of hydrogen-bond donors (Lipinski definition) is 1. The van der Waals surface area contributed by atoms with Crippen LogP contribution in [0, 0.1) is 32.8 Å². The number of thiophene rings is 1. The molecule has 5 rings (SSSR count). The van der Waals surface area contributed by atoms with E-state index >= 15 is 0 Å². The van der Waals surface area contributed by atoms with Crippen molar-refractivity contribution in [3.05, 3.63) is 97.5 Å². The van der Waals surface area contributed by atoms with Crippen LogP contribution >= 0.6 is 11.3 Å². The van der Waals surface area contributed by atoms with Crippen LogP contribution in [0.5, 0.6) is 0 Å². The van der Waals surface area contributed by atoms with Crippen LogP contribution in [0.15, 0.2) is 60.3 Å². The van der Waals surface area contributed by atoms with Crippen LogP contribution in [-0.2, 0) is 24.2 Å². The number of non-ortho nitro benzene ring substituents is 1. The van der Waals surface area contributed by atoms with Gasteiger partial charge in [-0.15, -0.1) is 11.3 Å². The van der Waals surface area contributed by atoms with E-state index in [-0.39, 0.29) is 11.3 Å². The van der Waals surface area contributed by atoms with Gasteiger partial charge in [0.15, 0.2) is 0 Å². The Balaban J connectivity index is 1.45. The second kappa shape index (κ2) is 10.1. The van der Waals surface area contributed by atoms with E-state index in [4.69, 9.17) is 0 Å². The maximum atomic E-state index is 13.1. The lowest BCUT2D eigenvalue weighted by molar-refractivity contribution is -0.384. The molecule has 2 heterocycles. The minimum Gasteiger partial charge on any atom is -0.342 e. The Bertz CT molecular complexity index is 1650. The largest absolute Gasteiger partial charge is 0.342 e. The number of rotatable bonds is 6. The first-order valence-corrected chi connectivity index (χ1v) is 12.6. The fourth-order valence-corrected chi connectivity index (χ4v) is 5.92. The molecule has 0 fully saturated rings. The molecule has 0 radical (unpaired) electrons. The number of carbonyl (C=O) groups is 1. The SMILES string of the molecule is N#C/C(=C\c1cn(Cc2ccc([N+](=O)[O-])cc2)c2ccccc12)C(=O)Nc1sc2c(c1C#N)CCCC2. The predicted molar refractivity (Wildman–Crippen MR) is 142 cm³/mol. The van der Waals surface area contributed by atoms with Crippen molar-refractivity contribution in [3.8, 4) is 12.1 Å². The molecule has 0 aliphatic heterocycles. The van der Waals surface area contributed by atoms with Gasteiger partial charge < -0.3 is 9.88 Å². The summed E-state index contributed by atoms with van der Waals surface area (Å²) >= 11 is 1.42. The van der Waals surface area contributed by atoms with Gasteiger partial charge in [0.25, 0.3) is 11.6 Å². The standard InChI is InChI=1S/C28H21N5O3S/c29-14-19(27(34)31-28-24(15-30)23-6-2-4-8-26(23)37-28)13-20-17-32(25-7-3-1-5-22(20)25)16-18-9-11-21(12-10-18)33(35)36/h1,3,5,7,9-13,17H,2,4,6,8,16H2,(H,31,34)/b19-13+. The smallest absolute Gasteiger partial charge is 0.269 e. The van der Waals surface area contributed by atoms with E-state index < -0.39 is 10.8 Å². The molecule has 2 aromatic heterocycles. The molecule has 1 amide bonds. The average Bonchev–Trinajstić information content (AvgIpc) is 3.44. The number of nitriles is 2. The second-order valence-corrected chi connectivity index (χ2v) is 9.91. The highest BCUT2D eigenvalue weighted by molar-refractivity contribution is 7.16. The molecule has 182 valence electrons. The summed E-state index contributed by atoms with van der Waals surface area (Å²) in [6.45, 7) is 0.465. The Morgan fingerprint density at radius 1 is 1.14 bits per heavy atom. The molecule has 1 N–H and O–H groups in total. The van der Waals surface area contributed by atoms with Crippen LogP contribution in [-0.4, -0.2) is 15.4 Å². The summed E-state index contributed by atoms with van der Waals surface area (Å²) < 4.78 is 1.98. The average molecular weight is 508 g/mol. The molecule has 37 heavy (non-hydrogen) atoms. The highest BCUT2D eigenvalue weighted by Crippen LogP contribution is 2.38. The van der Waals surface area contributed by atoms with Gasteiger partial charge in [-0.3, -0.25) is 14.9 Å². The third kappa shape index (κ3) is 4.73. The van der Waals surface area contributed by atoms with Crippen molar-refractivity contribution in [3.63, 3.8) is 0 Å². The molecule has 0 saturated carbocycles. The molecular weight excluding hydrogens is 486 g/mol. The van der Waals surface area contributed by atoms with E-state index in [1.54, 1.807) is 18.2 Å². The Morgan fingerprint density at radius 2 is 1.89 bits per heavy atom. The van der Waals surface area contributed by atoms with E-state index in [1.807, 2.05) is 41.1 Å². The van der Waals surface area contributed by atoms with E-state index in [2.05, 4.69) is 11.4 Å². The van der Waals surface area contributed by atoms with Crippen LogP contribution in [0.25, 0.3) is 17.0 Å². The molecule has 0 atom stereocenters. The van der Waals surface area contributed by atoms with Gasteiger partial charge in [-0.25, -0.2) is 0 Å². The lowest BCUT2D eigenvalue weighted by Gasteiger charge is -2.09. The van der Waals surface area contributed by atoms with Crippen molar-refractivity contribution in [1.29, 1.82) is 10.5 Å². The first-order valence-electron chi connectivity index (χ1n) is 11.8. The lowest BCUT2D eigenvalue weighted by Crippen LogP contribution is -2.13. The minimum atomic E-state index is -0.551. The molecule has 8 nitrogen and oxygen atoms in total. The van der Waals surface area contributed by atoms with Gasteiger partial charge in [0.1, 0.15) is 22.7 Å². The number of aryl methyl sites for hydroxylation is 1. The zero-order chi connectivity index (χ0) is 25.9. The van der Waals surface area contributed by atoms with Crippen molar-refractivity contribution >= 4 is 44.9 Å². The van der Waals surface area contributed by atoms with Crippen LogP contribution < -0.4 is 5.32 Å². The zero-order valence-electron chi connectivity index (χ0n) is 19.7. The Morgan fingerprint density at radius 3 is 2.62 bits per heavy atom. The van der Waals surface area contributed by atoms with Crippen molar-refractivity contribution in [2.45, 2.75) is 32.2 Å². The number of para-hydroxylation sites is 1. The number of anilines is 1. The number of nitro groups is 1. The van der Waals surface area contributed by atoms with E-state index in [0.717, 1.165) is 52.6 Å². The monoisotopic (exact) mass is 507 g/mol. The number of nitrogens with one attached hydrogen (secondary N) is 1. The minimum absolute atomic E-state index is 0.0283. The summed E-state index contributed by atoms with van der Waals surface area (Å²) in [7, 11) is 0. The number of nitrogens with zero attached hydrogens (tertiary/aromatic N) is 4. The van der Waals surface area contributed by atoms with Crippen molar-refractivity contribution in [2.24, 2.45) is 0 Å². The Labute approximate surface area is 216 Å². The van der Waals surface area contributed by atoms with E-state index in [9.17, 15) is 25.4 Å². The third-order valence-electron chi connectivity index (χ3n) is 6.49. The first-order chi connectivity index (χ1) is 18.0. The van der Waals surface area contributed by atoms with Crippen molar-refractivity contribution in [2.75, 3.05) is 5.32 Å². The maximum absolute atomic E-state index is 13.1. The first kappa shape index (κ1) is 24.0. The molecule has 0 spiro atoms. The fourth-order valence-electron chi connectivity index (χ4n) is 4.69. The zero-order valence-corrected chi connectivity index (χ0v) is 20.5. The highest BCUT2D eigenvalue weighted by atomic mass is 32.1. The van der Waals surface area contributed by atoms with Gasteiger partial charge in [-0.1, -0.05) is 30.3 Å². The number of aromatic nitrogens is 1. The van der Waals surface area contributed by atoms with E-state index in [1.165, 1.54) is 23.5 Å². The summed E-state index contributed by atoms with van der Waals surface area (Å²) in [6.07, 6.45) is 7.25. The normalized spacial score (nSPS) is 13.0.